The molecule has 0 aromatic carbocycles. The van der Waals surface area contributed by atoms with Gasteiger partial charge in [-0.15, -0.1) is 0 Å². The third-order valence-corrected chi connectivity index (χ3v) is 1.35. The van der Waals surface area contributed by atoms with E-state index in [0.717, 1.165) is 4.91 Å². The molecule has 1 N–H and O–H groups in total. The van der Waals surface area contributed by atoms with Gasteiger partial charge in [-0.25, -0.2) is 0 Å². The molecule has 0 spiro atoms. The summed E-state index contributed by atoms with van der Waals surface area (Å²) < 4.78 is 0. The summed E-state index contributed by atoms with van der Waals surface area (Å²) in [5.74, 6) is 0. The first-order valence-electron chi connectivity index (χ1n) is 2.28. The number of allylic oxidation sites excluding steroid dienone is 2. The van der Waals surface area contributed by atoms with Crippen LogP contribution in [0.4, 0.5) is 0 Å². The van der Waals surface area contributed by atoms with Gasteiger partial charge < -0.3 is 5.41 Å². The molecule has 0 aromatic rings. The van der Waals surface area contributed by atoms with Crippen molar-refractivity contribution < 1.29 is 0 Å². The number of nitrogens with one attached hydrogen (secondary N) is 1. The maximum Gasteiger partial charge on any atom is 0.0311 e. The third kappa shape index (κ3) is 3.68. The molecule has 0 atom stereocenters. The Kier molecular flexibility index (Phi) is 4.36. The average molecular weight is 127 g/mol. The number of hydrogen-bond acceptors (Lipinski definition) is 2. The van der Waals surface area contributed by atoms with Crippen LogP contribution in [-0.2, 0) is 0 Å². The Morgan fingerprint density at radius 2 is 2.38 bits per heavy atom. The predicted octanol–water partition coefficient (Wildman–Crippen LogP) is 2.42. The Morgan fingerprint density at radius 3 is 2.75 bits per heavy atom. The zero-order valence-corrected chi connectivity index (χ0v) is 5.66. The summed E-state index contributed by atoms with van der Waals surface area (Å²) in [6.45, 7) is 5.51. The maximum atomic E-state index is 6.71. The molecule has 0 radical (unpaired) electrons. The minimum absolute atomic E-state index is 0.767. The maximum absolute atomic E-state index is 6.71. The van der Waals surface area contributed by atoms with Crippen LogP contribution in [0.3, 0.4) is 0 Å². The van der Waals surface area contributed by atoms with Gasteiger partial charge in [-0.1, -0.05) is 24.4 Å². The topological polar surface area (TPSA) is 23.9 Å². The molecule has 0 aromatic heterocycles. The summed E-state index contributed by atoms with van der Waals surface area (Å²) in [6.07, 6.45) is 3.16. The Bertz CT molecular complexity index is 116. The number of thioether (sulfide) groups is 1. The molecule has 0 aliphatic rings. The highest BCUT2D eigenvalue weighted by Crippen LogP contribution is 2.10. The normalized spacial score (nSPS) is 9.62. The van der Waals surface area contributed by atoms with Gasteiger partial charge in [0.05, 0.1) is 0 Å². The molecule has 0 fully saturated rings. The van der Waals surface area contributed by atoms with Crippen LogP contribution >= 0.6 is 11.8 Å². The van der Waals surface area contributed by atoms with Crippen molar-refractivity contribution in [3.8, 4) is 0 Å². The number of hydrogen-bond donors (Lipinski definition) is 1. The Labute approximate surface area is 54.0 Å². The lowest BCUT2D eigenvalue weighted by Gasteiger charge is -1.85. The molecule has 0 saturated carbocycles. The minimum Gasteiger partial charge on any atom is -0.308 e. The molecule has 0 saturated heterocycles. The van der Waals surface area contributed by atoms with Gasteiger partial charge >= 0.3 is 0 Å². The van der Waals surface area contributed by atoms with E-state index in [1.807, 2.05) is 18.4 Å². The lowest BCUT2D eigenvalue weighted by Crippen LogP contribution is -1.66. The first-order valence-corrected chi connectivity index (χ1v) is 3.16. The van der Waals surface area contributed by atoms with Crippen LogP contribution in [0.5, 0.6) is 0 Å². The van der Waals surface area contributed by atoms with E-state index in [0.29, 0.717) is 0 Å². The van der Waals surface area contributed by atoms with Crippen molar-refractivity contribution >= 4 is 18.0 Å². The van der Waals surface area contributed by atoms with E-state index in [1.54, 1.807) is 0 Å². The zero-order chi connectivity index (χ0) is 6.41. The summed E-state index contributed by atoms with van der Waals surface area (Å²) in [7, 11) is 0. The molecule has 44 valence electrons. The van der Waals surface area contributed by atoms with E-state index in [-0.39, 0.29) is 0 Å². The first kappa shape index (κ1) is 7.50. The molecule has 0 heterocycles. The molecule has 1 nitrogen and oxygen atoms in total. The Morgan fingerprint density at radius 1 is 1.75 bits per heavy atom. The van der Waals surface area contributed by atoms with Gasteiger partial charge in [0.2, 0.25) is 0 Å². The Hall–Kier alpha value is -0.500. The molecule has 0 amide bonds. The Balaban J connectivity index is 3.39. The van der Waals surface area contributed by atoms with E-state index in [2.05, 4.69) is 6.58 Å². The van der Waals surface area contributed by atoms with Crippen molar-refractivity contribution in [3.63, 3.8) is 0 Å². The lowest BCUT2D eigenvalue weighted by atomic mass is 10.7. The highest BCUT2D eigenvalue weighted by Gasteiger charge is 1.79. The molecule has 0 aliphatic heterocycles. The summed E-state index contributed by atoms with van der Waals surface area (Å²) in [6, 6.07) is 0. The summed E-state index contributed by atoms with van der Waals surface area (Å²) in [5, 5.41) is 8.60. The molecule has 0 aliphatic carbocycles. The van der Waals surface area contributed by atoms with Crippen molar-refractivity contribution in [3.05, 3.63) is 23.0 Å². The van der Waals surface area contributed by atoms with Crippen molar-refractivity contribution in [2.24, 2.45) is 0 Å². The quantitative estimate of drug-likeness (QED) is 0.578. The molecular weight excluding hydrogens is 118 g/mol. The molecule has 0 rings (SSSR count). The van der Waals surface area contributed by atoms with E-state index >= 15 is 0 Å². The van der Waals surface area contributed by atoms with Crippen LogP contribution in [0.2, 0.25) is 0 Å². The predicted molar refractivity (Wildman–Crippen MR) is 40.3 cm³/mol. The zero-order valence-electron chi connectivity index (χ0n) is 4.85. The molecule has 8 heavy (non-hydrogen) atoms. The summed E-state index contributed by atoms with van der Waals surface area (Å²) in [4.78, 5) is 0.767. The van der Waals surface area contributed by atoms with Crippen LogP contribution in [0.25, 0.3) is 0 Å². The lowest BCUT2D eigenvalue weighted by molar-refractivity contribution is 1.58. The SMILES string of the molecule is C=C(C=N)S/C=C\C. The van der Waals surface area contributed by atoms with Crippen LogP contribution in [0, 0.1) is 5.41 Å². The van der Waals surface area contributed by atoms with Crippen LogP contribution in [-0.4, -0.2) is 6.21 Å². The fourth-order valence-electron chi connectivity index (χ4n) is 0.189. The summed E-state index contributed by atoms with van der Waals surface area (Å²) >= 11 is 1.46. The monoisotopic (exact) mass is 127 g/mol. The van der Waals surface area contributed by atoms with E-state index in [4.69, 9.17) is 5.41 Å². The average Bonchev–Trinajstić information content (AvgIpc) is 1.83. The van der Waals surface area contributed by atoms with Crippen molar-refractivity contribution in [1.82, 2.24) is 0 Å². The van der Waals surface area contributed by atoms with E-state index in [9.17, 15) is 0 Å². The van der Waals surface area contributed by atoms with Crippen LogP contribution in [0.15, 0.2) is 23.0 Å². The molecular formula is C6H9NS. The van der Waals surface area contributed by atoms with Gasteiger partial charge in [0.1, 0.15) is 0 Å². The minimum atomic E-state index is 0.767. The van der Waals surface area contributed by atoms with Gasteiger partial charge in [-0.05, 0) is 12.3 Å². The van der Waals surface area contributed by atoms with Crippen molar-refractivity contribution in [2.45, 2.75) is 6.92 Å². The van der Waals surface area contributed by atoms with Crippen LogP contribution in [0.1, 0.15) is 6.92 Å². The number of rotatable bonds is 3. The van der Waals surface area contributed by atoms with Crippen LogP contribution < -0.4 is 0 Å². The molecule has 0 bridgehead atoms. The smallest absolute Gasteiger partial charge is 0.0311 e. The van der Waals surface area contributed by atoms with Gasteiger partial charge in [0.15, 0.2) is 0 Å². The fraction of sp³-hybridized carbons (Fsp3) is 0.167. The van der Waals surface area contributed by atoms with Crippen molar-refractivity contribution in [1.29, 1.82) is 5.41 Å². The largest absolute Gasteiger partial charge is 0.308 e. The highest BCUT2D eigenvalue weighted by molar-refractivity contribution is 8.06. The van der Waals surface area contributed by atoms with Gasteiger partial charge in [0.25, 0.3) is 0 Å². The fourth-order valence-corrected chi connectivity index (χ4v) is 0.568. The van der Waals surface area contributed by atoms with Gasteiger partial charge in [-0.3, -0.25) is 0 Å². The standard InChI is InChI=1S/C6H9NS/c1-3-4-8-6(2)5-7/h3-5,7H,2H2,1H3/b4-3-,7-5?. The second kappa shape index (κ2) is 4.65. The van der Waals surface area contributed by atoms with Gasteiger partial charge in [0, 0.05) is 11.1 Å². The van der Waals surface area contributed by atoms with E-state index < -0.39 is 0 Å². The van der Waals surface area contributed by atoms with Gasteiger partial charge in [-0.2, -0.15) is 0 Å². The second-order valence-electron chi connectivity index (χ2n) is 1.20. The highest BCUT2D eigenvalue weighted by atomic mass is 32.2. The molecule has 2 heteroatoms. The summed E-state index contributed by atoms with van der Waals surface area (Å²) in [5.41, 5.74) is 0. The third-order valence-electron chi connectivity index (χ3n) is 0.516. The first-order chi connectivity index (χ1) is 3.81. The van der Waals surface area contributed by atoms with Crippen molar-refractivity contribution in [2.75, 3.05) is 0 Å². The molecule has 0 unspecified atom stereocenters. The van der Waals surface area contributed by atoms with E-state index in [1.165, 1.54) is 18.0 Å². The second-order valence-corrected chi connectivity index (χ2v) is 2.23.